The van der Waals surface area contributed by atoms with Crippen LogP contribution in [0.3, 0.4) is 0 Å². The Kier molecular flexibility index (Phi) is 2.93. The highest BCUT2D eigenvalue weighted by atomic mass is 14.4. The Balaban J connectivity index is 2.53. The lowest BCUT2D eigenvalue weighted by atomic mass is 9.85. The van der Waals surface area contributed by atoms with Crippen LogP contribution in [0.5, 0.6) is 0 Å². The van der Waals surface area contributed by atoms with Gasteiger partial charge >= 0.3 is 0 Å². The Hall–Kier alpha value is -1.04. The Morgan fingerprint density at radius 3 is 1.71 bits per heavy atom. The molecule has 0 bridgehead atoms. The molecule has 0 aromatic carbocycles. The van der Waals surface area contributed by atoms with Crippen LogP contribution in [0.15, 0.2) is 45.1 Å². The molecule has 0 nitrogen and oxygen atoms in total. The quantitative estimate of drug-likeness (QED) is 0.578. The standard InChI is InChI=1S/C17H24/c1-9-8-10(2)16(11(9)3)17-14(6)12(4)13(5)15(17)7/h8,10,14H,1-7H3. The van der Waals surface area contributed by atoms with Gasteiger partial charge in [0.25, 0.3) is 0 Å². The van der Waals surface area contributed by atoms with Gasteiger partial charge < -0.3 is 0 Å². The minimum absolute atomic E-state index is 0.584. The van der Waals surface area contributed by atoms with Gasteiger partial charge in [0, 0.05) is 11.8 Å². The highest BCUT2D eigenvalue weighted by Crippen LogP contribution is 2.46. The molecule has 0 saturated heterocycles. The summed E-state index contributed by atoms with van der Waals surface area (Å²) >= 11 is 0. The average molecular weight is 228 g/mol. The van der Waals surface area contributed by atoms with Crippen molar-refractivity contribution >= 4 is 0 Å². The van der Waals surface area contributed by atoms with E-state index in [9.17, 15) is 0 Å². The summed E-state index contributed by atoms with van der Waals surface area (Å²) in [6.45, 7) is 16.0. The number of rotatable bonds is 1. The summed E-state index contributed by atoms with van der Waals surface area (Å²) in [6, 6.07) is 0. The predicted molar refractivity (Wildman–Crippen MR) is 75.9 cm³/mol. The molecule has 0 heterocycles. The highest BCUT2D eigenvalue weighted by Gasteiger charge is 2.31. The van der Waals surface area contributed by atoms with Gasteiger partial charge in [-0.05, 0) is 62.5 Å². The minimum atomic E-state index is 0.584. The second-order valence-corrected chi connectivity index (χ2v) is 5.75. The Bertz CT molecular complexity index is 492. The zero-order chi connectivity index (χ0) is 12.9. The van der Waals surface area contributed by atoms with E-state index < -0.39 is 0 Å². The summed E-state index contributed by atoms with van der Waals surface area (Å²) in [5, 5.41) is 0. The maximum atomic E-state index is 2.40. The molecular weight excluding hydrogens is 204 g/mol. The third kappa shape index (κ3) is 1.66. The van der Waals surface area contributed by atoms with Gasteiger partial charge in [-0.2, -0.15) is 0 Å². The number of hydrogen-bond acceptors (Lipinski definition) is 0. The number of allylic oxidation sites excluding steroid dienone is 8. The van der Waals surface area contributed by atoms with Gasteiger partial charge in [0.15, 0.2) is 0 Å². The van der Waals surface area contributed by atoms with Gasteiger partial charge in [-0.3, -0.25) is 0 Å². The monoisotopic (exact) mass is 228 g/mol. The third-order valence-electron chi connectivity index (χ3n) is 4.88. The zero-order valence-electron chi connectivity index (χ0n) is 12.2. The average Bonchev–Trinajstić information content (AvgIpc) is 2.61. The van der Waals surface area contributed by atoms with Crippen molar-refractivity contribution in [3.8, 4) is 0 Å². The fraction of sp³-hybridized carbons (Fsp3) is 0.529. The van der Waals surface area contributed by atoms with Crippen LogP contribution in [0.4, 0.5) is 0 Å². The molecule has 0 spiro atoms. The van der Waals surface area contributed by atoms with E-state index in [4.69, 9.17) is 0 Å². The fourth-order valence-corrected chi connectivity index (χ4v) is 3.38. The maximum Gasteiger partial charge on any atom is 0.00286 e. The first-order valence-electron chi connectivity index (χ1n) is 6.64. The summed E-state index contributed by atoms with van der Waals surface area (Å²) in [4.78, 5) is 0. The molecule has 2 aliphatic rings. The first kappa shape index (κ1) is 12.4. The topological polar surface area (TPSA) is 0 Å². The van der Waals surface area contributed by atoms with E-state index >= 15 is 0 Å². The van der Waals surface area contributed by atoms with E-state index in [-0.39, 0.29) is 0 Å². The summed E-state index contributed by atoms with van der Waals surface area (Å²) in [5.41, 5.74) is 10.7. The molecule has 0 fully saturated rings. The van der Waals surface area contributed by atoms with Crippen molar-refractivity contribution in [1.29, 1.82) is 0 Å². The van der Waals surface area contributed by atoms with E-state index in [0.29, 0.717) is 11.8 Å². The molecule has 0 aromatic rings. The third-order valence-corrected chi connectivity index (χ3v) is 4.88. The Morgan fingerprint density at radius 1 is 0.765 bits per heavy atom. The van der Waals surface area contributed by atoms with Gasteiger partial charge in [-0.25, -0.2) is 0 Å². The fourth-order valence-electron chi connectivity index (χ4n) is 3.38. The van der Waals surface area contributed by atoms with Gasteiger partial charge in [0.05, 0.1) is 0 Å². The number of hydrogen-bond donors (Lipinski definition) is 0. The van der Waals surface area contributed by atoms with Crippen molar-refractivity contribution in [2.75, 3.05) is 0 Å². The molecule has 0 aliphatic heterocycles. The maximum absolute atomic E-state index is 2.40. The lowest BCUT2D eigenvalue weighted by Gasteiger charge is -2.19. The van der Waals surface area contributed by atoms with Crippen LogP contribution in [-0.4, -0.2) is 0 Å². The van der Waals surface area contributed by atoms with Crippen LogP contribution in [0, 0.1) is 11.8 Å². The van der Waals surface area contributed by atoms with E-state index in [2.05, 4.69) is 54.5 Å². The lowest BCUT2D eigenvalue weighted by molar-refractivity contribution is 0.770. The second kappa shape index (κ2) is 4.01. The van der Waals surface area contributed by atoms with Crippen LogP contribution in [-0.2, 0) is 0 Å². The Labute approximate surface area is 106 Å². The van der Waals surface area contributed by atoms with E-state index in [1.165, 1.54) is 22.3 Å². The Morgan fingerprint density at radius 2 is 1.35 bits per heavy atom. The molecule has 2 unspecified atom stereocenters. The molecule has 0 heteroatoms. The predicted octanol–water partition coefficient (Wildman–Crippen LogP) is 5.20. The molecule has 0 aromatic heterocycles. The van der Waals surface area contributed by atoms with Crippen LogP contribution in [0.1, 0.15) is 48.5 Å². The summed E-state index contributed by atoms with van der Waals surface area (Å²) in [5.74, 6) is 1.18. The van der Waals surface area contributed by atoms with E-state index in [1.807, 2.05) is 0 Å². The molecule has 2 aliphatic carbocycles. The molecule has 0 saturated carbocycles. The van der Waals surface area contributed by atoms with Gasteiger partial charge in [0.1, 0.15) is 0 Å². The highest BCUT2D eigenvalue weighted by molar-refractivity contribution is 5.61. The van der Waals surface area contributed by atoms with Gasteiger partial charge in [-0.15, -0.1) is 0 Å². The molecule has 0 N–H and O–H groups in total. The van der Waals surface area contributed by atoms with Gasteiger partial charge in [0.2, 0.25) is 0 Å². The SMILES string of the molecule is CC1=CC(C)C(C2=C(C)C(C)=C(C)C2C)=C1C. The molecule has 17 heavy (non-hydrogen) atoms. The normalized spacial score (nSPS) is 29.7. The van der Waals surface area contributed by atoms with Crippen molar-refractivity contribution in [3.05, 3.63) is 45.1 Å². The van der Waals surface area contributed by atoms with Crippen molar-refractivity contribution in [1.82, 2.24) is 0 Å². The summed E-state index contributed by atoms with van der Waals surface area (Å²) in [7, 11) is 0. The van der Waals surface area contributed by atoms with Crippen LogP contribution < -0.4 is 0 Å². The molecule has 2 rings (SSSR count). The van der Waals surface area contributed by atoms with Crippen molar-refractivity contribution in [3.63, 3.8) is 0 Å². The minimum Gasteiger partial charge on any atom is -0.0741 e. The molecule has 0 amide bonds. The van der Waals surface area contributed by atoms with Gasteiger partial charge in [-0.1, -0.05) is 31.1 Å². The summed E-state index contributed by atoms with van der Waals surface area (Å²) < 4.78 is 0. The largest absolute Gasteiger partial charge is 0.0741 e. The van der Waals surface area contributed by atoms with Crippen LogP contribution >= 0.6 is 0 Å². The molecule has 0 radical (unpaired) electrons. The summed E-state index contributed by atoms with van der Waals surface area (Å²) in [6.07, 6.45) is 2.40. The van der Waals surface area contributed by atoms with Crippen molar-refractivity contribution < 1.29 is 0 Å². The zero-order valence-corrected chi connectivity index (χ0v) is 12.2. The molecule has 92 valence electrons. The van der Waals surface area contributed by atoms with Crippen LogP contribution in [0.2, 0.25) is 0 Å². The van der Waals surface area contributed by atoms with Crippen molar-refractivity contribution in [2.24, 2.45) is 11.8 Å². The van der Waals surface area contributed by atoms with Crippen LogP contribution in [0.25, 0.3) is 0 Å². The first-order valence-corrected chi connectivity index (χ1v) is 6.64. The smallest absolute Gasteiger partial charge is 0.00286 e. The second-order valence-electron chi connectivity index (χ2n) is 5.75. The van der Waals surface area contributed by atoms with E-state index in [0.717, 1.165) is 0 Å². The first-order chi connectivity index (χ1) is 7.86. The van der Waals surface area contributed by atoms with Crippen molar-refractivity contribution in [2.45, 2.75) is 48.5 Å². The lowest BCUT2D eigenvalue weighted by Crippen LogP contribution is -2.06. The molecular formula is C17H24. The van der Waals surface area contributed by atoms with E-state index in [1.54, 1.807) is 16.7 Å². The molecule has 2 atom stereocenters.